The third-order valence-electron chi connectivity index (χ3n) is 0. The lowest BCUT2D eigenvalue weighted by molar-refractivity contribution is -0.297. The summed E-state index contributed by atoms with van der Waals surface area (Å²) in [6.07, 6.45) is 13.2. The van der Waals surface area contributed by atoms with Crippen LogP contribution in [0.3, 0.4) is 0 Å². The fraction of sp³-hybridized carbons (Fsp3) is 1.00. The van der Waals surface area contributed by atoms with Gasteiger partial charge < -0.3 is 9.79 Å². The van der Waals surface area contributed by atoms with E-state index in [1.165, 1.54) is 0 Å². The molecule has 0 amide bonds. The van der Waals surface area contributed by atoms with Crippen LogP contribution >= 0.6 is 8.25 Å². The molecule has 0 radical (unpaired) electrons. The molecule has 0 bridgehead atoms. The van der Waals surface area contributed by atoms with Crippen molar-refractivity contribution in [1.82, 2.24) is 0 Å². The molecule has 0 aliphatic heterocycles. The summed E-state index contributed by atoms with van der Waals surface area (Å²) in [5.74, 6) is 0. The van der Waals surface area contributed by atoms with Crippen LogP contribution in [0.2, 0.25) is 0 Å². The van der Waals surface area contributed by atoms with Crippen LogP contribution in [0.5, 0.6) is 0 Å². The molecule has 0 rings (SSSR count). The lowest BCUT2D eigenvalue weighted by Gasteiger charge is -1.75. The van der Waals surface area contributed by atoms with Crippen molar-refractivity contribution < 1.29 is 14.4 Å². The van der Waals surface area contributed by atoms with Crippen LogP contribution in [0.15, 0.2) is 0 Å². The van der Waals surface area contributed by atoms with Crippen molar-refractivity contribution in [2.24, 2.45) is 0 Å². The van der Waals surface area contributed by atoms with Crippen molar-refractivity contribution >= 4 is 30.0 Å². The van der Waals surface area contributed by atoms with Crippen LogP contribution in [0, 0.1) is 0 Å². The first-order valence-corrected chi connectivity index (χ1v) is 8.99. The van der Waals surface area contributed by atoms with E-state index in [0.717, 1.165) is 0 Å². The molecule has 0 atom stereocenters. The van der Waals surface area contributed by atoms with Gasteiger partial charge in [0, 0.05) is 0 Å². The zero-order valence-corrected chi connectivity index (χ0v) is 11.0. The third kappa shape index (κ3) is 1950. The number of hydrogen-bond donors (Lipinski definition) is 0. The van der Waals surface area contributed by atoms with Gasteiger partial charge in [-0.25, -0.2) is 0 Å². The molecule has 0 fully saturated rings. The molecule has 0 N–H and O–H groups in total. The Balaban J connectivity index is -0.000000101. The molecule has 76 valence electrons. The number of rotatable bonds is 0. The van der Waals surface area contributed by atoms with E-state index in [1.807, 2.05) is 0 Å². The maximum absolute atomic E-state index is 8.48. The maximum Gasteiger partial charge on any atom is 0.276 e. The molecule has 0 aromatic rings. The molecule has 0 aromatic heterocycles. The molecule has 0 heterocycles. The minimum atomic E-state index is -3.37. The Bertz CT molecular complexity index is 83.3. The molecule has 0 aromatic carbocycles. The normalized spacial score (nSPS) is 8.17. The molecule has 0 unspecified atom stereocenters. The molecular formula is C6H18O3PS2+. The summed E-state index contributed by atoms with van der Waals surface area (Å²) in [7, 11) is -2.09. The van der Waals surface area contributed by atoms with Crippen LogP contribution in [-0.4, -0.2) is 37.5 Å². The minimum Gasteiger partial charge on any atom is -0.598 e. The average Bonchev–Trinajstić information content (AvgIpc) is 1.54. The summed E-state index contributed by atoms with van der Waals surface area (Å²) < 4.78 is 8.48. The van der Waals surface area contributed by atoms with Gasteiger partial charge in [0.25, 0.3) is 8.25 Å². The molecule has 0 spiro atoms. The van der Waals surface area contributed by atoms with Gasteiger partial charge in [0.05, 0.1) is 37.5 Å². The lowest BCUT2D eigenvalue weighted by atomic mass is 11.9. The summed E-state index contributed by atoms with van der Waals surface area (Å²) in [5, 5.41) is 0. The largest absolute Gasteiger partial charge is 0.598 e. The molecular weight excluding hydrogens is 215 g/mol. The van der Waals surface area contributed by atoms with E-state index in [9.17, 15) is 0 Å². The van der Waals surface area contributed by atoms with Crippen molar-refractivity contribution in [2.45, 2.75) is 0 Å². The highest BCUT2D eigenvalue weighted by atomic mass is 32.2. The summed E-state index contributed by atoms with van der Waals surface area (Å²) in [5.41, 5.74) is 0. The predicted octanol–water partition coefficient (Wildman–Crippen LogP) is -0.647. The lowest BCUT2D eigenvalue weighted by Crippen LogP contribution is -1.97. The first-order chi connectivity index (χ1) is 5.20. The molecule has 0 saturated carbocycles. The SMILES string of the molecule is C[S+](C)C.C[S+](C)C.O=[P+]([O-])[O-]. The van der Waals surface area contributed by atoms with E-state index in [0.29, 0.717) is 21.8 Å². The van der Waals surface area contributed by atoms with E-state index in [-0.39, 0.29) is 0 Å². The molecule has 0 aliphatic rings. The highest BCUT2D eigenvalue weighted by Gasteiger charge is 1.78. The Labute approximate surface area is 82.2 Å². The van der Waals surface area contributed by atoms with Crippen molar-refractivity contribution in [3.8, 4) is 0 Å². The standard InChI is InChI=1S/2C3H9S.HO3P/c3*1-4(2)3/h2*1-3H3;(H,1,2,3)/q2*+1;/p-1. The topological polar surface area (TPSA) is 63.2 Å². The molecule has 0 saturated heterocycles. The van der Waals surface area contributed by atoms with Crippen molar-refractivity contribution in [1.29, 1.82) is 0 Å². The van der Waals surface area contributed by atoms with Crippen LogP contribution in [0.1, 0.15) is 0 Å². The van der Waals surface area contributed by atoms with E-state index in [1.54, 1.807) is 0 Å². The van der Waals surface area contributed by atoms with Gasteiger partial charge in [-0.1, -0.05) is 4.57 Å². The second-order valence-electron chi connectivity index (χ2n) is 2.67. The average molecular weight is 233 g/mol. The highest BCUT2D eigenvalue weighted by molar-refractivity contribution is 7.95. The monoisotopic (exact) mass is 233 g/mol. The minimum absolute atomic E-state index is 0.639. The summed E-state index contributed by atoms with van der Waals surface area (Å²) >= 11 is 0. The molecule has 12 heavy (non-hydrogen) atoms. The molecule has 6 heteroatoms. The third-order valence-corrected chi connectivity index (χ3v) is 0. The van der Waals surface area contributed by atoms with Gasteiger partial charge in [0.15, 0.2) is 0 Å². The van der Waals surface area contributed by atoms with Gasteiger partial charge in [0.2, 0.25) is 0 Å². The fourth-order valence-electron chi connectivity index (χ4n) is 0. The van der Waals surface area contributed by atoms with Gasteiger partial charge in [0.1, 0.15) is 0 Å². The zero-order valence-electron chi connectivity index (χ0n) is 8.49. The Morgan fingerprint density at radius 1 is 0.833 bits per heavy atom. The Morgan fingerprint density at radius 3 is 0.833 bits per heavy atom. The van der Waals surface area contributed by atoms with E-state index in [2.05, 4.69) is 37.5 Å². The van der Waals surface area contributed by atoms with Gasteiger partial charge in [-0.15, -0.1) is 0 Å². The van der Waals surface area contributed by atoms with Crippen molar-refractivity contribution in [3.63, 3.8) is 0 Å². The first kappa shape index (κ1) is 18.5. The van der Waals surface area contributed by atoms with Gasteiger partial charge >= 0.3 is 0 Å². The Morgan fingerprint density at radius 2 is 0.833 bits per heavy atom. The predicted molar refractivity (Wildman–Crippen MR) is 57.9 cm³/mol. The second kappa shape index (κ2) is 14.3. The first-order valence-electron chi connectivity index (χ1n) is 3.00. The molecule has 0 aliphatic carbocycles. The summed E-state index contributed by atoms with van der Waals surface area (Å²) in [6.45, 7) is 0. The maximum atomic E-state index is 8.48. The van der Waals surface area contributed by atoms with Crippen LogP contribution < -0.4 is 9.79 Å². The van der Waals surface area contributed by atoms with Crippen LogP contribution in [0.25, 0.3) is 0 Å². The van der Waals surface area contributed by atoms with Crippen molar-refractivity contribution in [3.05, 3.63) is 0 Å². The zero-order chi connectivity index (χ0) is 10.7. The van der Waals surface area contributed by atoms with Gasteiger partial charge in [-0.2, -0.15) is 0 Å². The Kier molecular flexibility index (Phi) is 22.0. The van der Waals surface area contributed by atoms with Gasteiger partial charge in [-0.05, 0) is 21.8 Å². The van der Waals surface area contributed by atoms with Crippen LogP contribution in [-0.2, 0) is 26.4 Å². The quantitative estimate of drug-likeness (QED) is 0.413. The number of hydrogen-bond acceptors (Lipinski definition) is 3. The van der Waals surface area contributed by atoms with E-state index < -0.39 is 8.25 Å². The second-order valence-corrected chi connectivity index (χ2v) is 8.02. The van der Waals surface area contributed by atoms with E-state index >= 15 is 0 Å². The summed E-state index contributed by atoms with van der Waals surface area (Å²) in [4.78, 5) is 17.0. The highest BCUT2D eigenvalue weighted by Crippen LogP contribution is 1.79. The van der Waals surface area contributed by atoms with Crippen molar-refractivity contribution in [2.75, 3.05) is 37.5 Å². The van der Waals surface area contributed by atoms with Crippen LogP contribution in [0.4, 0.5) is 0 Å². The summed E-state index contributed by atoms with van der Waals surface area (Å²) in [6, 6.07) is 0. The van der Waals surface area contributed by atoms with E-state index in [4.69, 9.17) is 14.4 Å². The Hall–Kier alpha value is 0.720. The molecule has 3 nitrogen and oxygen atoms in total. The fourth-order valence-corrected chi connectivity index (χ4v) is 0. The van der Waals surface area contributed by atoms with Gasteiger partial charge in [-0.3, -0.25) is 0 Å². The smallest absolute Gasteiger partial charge is 0.276 e.